The summed E-state index contributed by atoms with van der Waals surface area (Å²) in [5.41, 5.74) is 2.89. The van der Waals surface area contributed by atoms with E-state index in [-0.39, 0.29) is 53.0 Å². The van der Waals surface area contributed by atoms with Crippen LogP contribution in [0.1, 0.15) is 94.6 Å². The summed E-state index contributed by atoms with van der Waals surface area (Å²) in [4.78, 5) is 28.4. The van der Waals surface area contributed by atoms with E-state index in [4.69, 9.17) is 31.5 Å². The minimum absolute atomic E-state index is 0.0154. The van der Waals surface area contributed by atoms with Crippen molar-refractivity contribution in [3.8, 4) is 22.6 Å². The van der Waals surface area contributed by atoms with E-state index in [1.165, 1.54) is 19.1 Å². The van der Waals surface area contributed by atoms with Crippen molar-refractivity contribution in [2.24, 2.45) is 5.73 Å². The van der Waals surface area contributed by atoms with Gasteiger partial charge in [-0.05, 0) is 78.0 Å². The van der Waals surface area contributed by atoms with Crippen LogP contribution in [0.2, 0.25) is 5.02 Å². The molecular formula is C38H45ClF2N2O7. The second-order valence-corrected chi connectivity index (χ2v) is 15.1. The van der Waals surface area contributed by atoms with Gasteiger partial charge in [0, 0.05) is 40.3 Å². The monoisotopic (exact) mass is 714 g/mol. The maximum atomic E-state index is 16.4. The second kappa shape index (κ2) is 14.0. The van der Waals surface area contributed by atoms with Gasteiger partial charge in [-0.1, -0.05) is 48.9 Å². The molecule has 0 radical (unpaired) electrons. The first-order valence-electron chi connectivity index (χ1n) is 16.8. The molecule has 1 aliphatic heterocycles. The molecule has 2 aliphatic rings. The van der Waals surface area contributed by atoms with Crippen molar-refractivity contribution < 1.29 is 42.8 Å². The maximum Gasteiger partial charge on any atom is 0.410 e. The van der Waals surface area contributed by atoms with Crippen LogP contribution in [0.3, 0.4) is 0 Å². The second-order valence-electron chi connectivity index (χ2n) is 14.7. The van der Waals surface area contributed by atoms with Crippen LogP contribution in [-0.4, -0.2) is 63.6 Å². The molecule has 0 bridgehead atoms. The smallest absolute Gasteiger partial charge is 0.410 e. The number of aliphatic hydroxyl groups is 2. The molecule has 1 heterocycles. The number of rotatable bonds is 9. The Bertz CT molecular complexity index is 1750. The van der Waals surface area contributed by atoms with E-state index in [1.54, 1.807) is 43.0 Å². The Morgan fingerprint density at radius 1 is 1.12 bits per heavy atom. The number of fused-ring (bicyclic) bond motifs is 1. The molecule has 5 rings (SSSR count). The van der Waals surface area contributed by atoms with Gasteiger partial charge >= 0.3 is 6.09 Å². The summed E-state index contributed by atoms with van der Waals surface area (Å²) in [6.45, 7) is 10.2. The van der Waals surface area contributed by atoms with E-state index in [0.717, 1.165) is 6.07 Å². The van der Waals surface area contributed by atoms with Crippen molar-refractivity contribution in [3.05, 3.63) is 81.9 Å². The molecule has 3 aromatic rings. The zero-order valence-electron chi connectivity index (χ0n) is 29.2. The Morgan fingerprint density at radius 3 is 2.34 bits per heavy atom. The Labute approximate surface area is 296 Å². The van der Waals surface area contributed by atoms with Crippen molar-refractivity contribution in [3.63, 3.8) is 0 Å². The first kappa shape index (κ1) is 37.3. The topological polar surface area (TPSA) is 132 Å². The number of halogens is 3. The summed E-state index contributed by atoms with van der Waals surface area (Å²) in [6.07, 6.45) is 0.740. The van der Waals surface area contributed by atoms with Crippen molar-refractivity contribution >= 4 is 23.6 Å². The SMILES string of the molecule is CC1c2c(cc(F)c(Cl)c2-c2c(C(N)=O)ccc(OC[C@H](C)O)c2F)OC1(COC(=O)N(C1CCC(C)(O)CC1)C(C)(C)C)c1ccccc1. The molecule has 3 atom stereocenters. The van der Waals surface area contributed by atoms with E-state index in [2.05, 4.69) is 0 Å². The number of hydrogen-bond donors (Lipinski definition) is 3. The summed E-state index contributed by atoms with van der Waals surface area (Å²) in [5, 5.41) is 19.8. The Kier molecular flexibility index (Phi) is 10.5. The number of ether oxygens (including phenoxy) is 3. The summed E-state index contributed by atoms with van der Waals surface area (Å²) in [6, 6.07) is 12.3. The lowest BCUT2D eigenvalue weighted by atomic mass is 9.78. The van der Waals surface area contributed by atoms with E-state index < -0.39 is 57.4 Å². The molecule has 3 aromatic carbocycles. The van der Waals surface area contributed by atoms with Crippen LogP contribution in [0, 0.1) is 11.6 Å². The molecule has 4 N–H and O–H groups in total. The Hall–Kier alpha value is -3.93. The lowest BCUT2D eigenvalue weighted by molar-refractivity contribution is -0.0442. The number of hydrogen-bond acceptors (Lipinski definition) is 7. The number of carbonyl (C=O) groups excluding carboxylic acids is 2. The van der Waals surface area contributed by atoms with E-state index in [1.807, 2.05) is 26.8 Å². The fourth-order valence-electron chi connectivity index (χ4n) is 7.18. The molecule has 0 aromatic heterocycles. The normalized spacial score (nSPS) is 23.8. The quantitative estimate of drug-likeness (QED) is 0.210. The highest BCUT2D eigenvalue weighted by Crippen LogP contribution is 2.57. The molecular weight excluding hydrogens is 670 g/mol. The summed E-state index contributed by atoms with van der Waals surface area (Å²) >= 11 is 6.63. The largest absolute Gasteiger partial charge is 0.488 e. The average Bonchev–Trinajstić information content (AvgIpc) is 3.32. The van der Waals surface area contributed by atoms with Crippen molar-refractivity contribution in [2.75, 3.05) is 13.2 Å². The van der Waals surface area contributed by atoms with Crippen LogP contribution < -0.4 is 15.2 Å². The van der Waals surface area contributed by atoms with Crippen LogP contribution in [-0.2, 0) is 10.3 Å². The lowest BCUT2D eigenvalue weighted by Crippen LogP contribution is -2.55. The molecule has 2 unspecified atom stereocenters. The third-order valence-electron chi connectivity index (χ3n) is 9.74. The number of benzene rings is 3. The van der Waals surface area contributed by atoms with Gasteiger partial charge in [0.15, 0.2) is 17.2 Å². The standard InChI is InChI=1S/C38H45ClF2N2O7/c1-21(44)19-48-27-13-12-25(34(42)45)30(33(27)41)31-29-22(2)38(23-10-8-7-9-11-23,50-28(29)18-26(40)32(31)39)20-49-35(46)43(36(3,4)5)24-14-16-37(6,47)17-15-24/h7-13,18,21-22,24,44,47H,14-17,19-20H2,1-6H3,(H2,42,45)/t21-,22?,24?,37?,38?/m0/s1. The lowest BCUT2D eigenvalue weighted by Gasteiger charge is -2.45. The van der Waals surface area contributed by atoms with Gasteiger partial charge in [-0.3, -0.25) is 4.79 Å². The Morgan fingerprint density at radius 2 is 1.76 bits per heavy atom. The van der Waals surface area contributed by atoms with Gasteiger partial charge < -0.3 is 35.1 Å². The fraction of sp³-hybridized carbons (Fsp3) is 0.474. The van der Waals surface area contributed by atoms with Gasteiger partial charge in [0.2, 0.25) is 5.91 Å². The summed E-state index contributed by atoms with van der Waals surface area (Å²) < 4.78 is 50.3. The molecule has 270 valence electrons. The van der Waals surface area contributed by atoms with Gasteiger partial charge in [0.25, 0.3) is 0 Å². The number of amides is 2. The minimum atomic E-state index is -1.44. The number of aliphatic hydroxyl groups excluding tert-OH is 1. The Balaban J connectivity index is 1.61. The third kappa shape index (κ3) is 7.13. The van der Waals surface area contributed by atoms with Crippen LogP contribution >= 0.6 is 11.6 Å². The molecule has 50 heavy (non-hydrogen) atoms. The number of primary amides is 1. The third-order valence-corrected chi connectivity index (χ3v) is 10.1. The van der Waals surface area contributed by atoms with Gasteiger partial charge in [0.1, 0.15) is 24.8 Å². The molecule has 1 aliphatic carbocycles. The molecule has 0 spiro atoms. The molecule has 0 saturated heterocycles. The van der Waals surface area contributed by atoms with E-state index >= 15 is 8.78 Å². The van der Waals surface area contributed by atoms with Crippen molar-refractivity contribution in [1.82, 2.24) is 4.90 Å². The highest BCUT2D eigenvalue weighted by atomic mass is 35.5. The van der Waals surface area contributed by atoms with Gasteiger partial charge in [-0.2, -0.15) is 0 Å². The highest BCUT2D eigenvalue weighted by Gasteiger charge is 2.52. The fourth-order valence-corrected chi connectivity index (χ4v) is 7.43. The van der Waals surface area contributed by atoms with Crippen molar-refractivity contribution in [2.45, 2.75) is 102 Å². The first-order chi connectivity index (χ1) is 23.4. The van der Waals surface area contributed by atoms with Crippen molar-refractivity contribution in [1.29, 1.82) is 0 Å². The number of nitrogens with zero attached hydrogens (tertiary/aromatic N) is 1. The van der Waals surface area contributed by atoms with Crippen LogP contribution in [0.4, 0.5) is 13.6 Å². The molecule has 12 heteroatoms. The van der Waals surface area contributed by atoms with Crippen LogP contribution in [0.5, 0.6) is 11.5 Å². The van der Waals surface area contributed by atoms with Gasteiger partial charge in [-0.25, -0.2) is 13.6 Å². The maximum absolute atomic E-state index is 16.4. The van der Waals surface area contributed by atoms with Gasteiger partial charge in [0.05, 0.1) is 22.3 Å². The summed E-state index contributed by atoms with van der Waals surface area (Å²) in [7, 11) is 0. The van der Waals surface area contributed by atoms with Crippen LogP contribution in [0.15, 0.2) is 48.5 Å². The minimum Gasteiger partial charge on any atom is -0.488 e. The average molecular weight is 715 g/mol. The van der Waals surface area contributed by atoms with E-state index in [0.29, 0.717) is 31.2 Å². The zero-order chi connectivity index (χ0) is 36.8. The molecule has 9 nitrogen and oxygen atoms in total. The molecule has 1 saturated carbocycles. The van der Waals surface area contributed by atoms with E-state index in [9.17, 15) is 19.8 Å². The highest BCUT2D eigenvalue weighted by molar-refractivity contribution is 6.34. The summed E-state index contributed by atoms with van der Waals surface area (Å²) in [5.74, 6) is -4.00. The molecule has 2 amide bonds. The predicted molar refractivity (Wildman–Crippen MR) is 185 cm³/mol. The zero-order valence-corrected chi connectivity index (χ0v) is 29.9. The molecule has 1 fully saturated rings. The number of nitrogens with two attached hydrogens (primary N) is 1. The first-order valence-corrected chi connectivity index (χ1v) is 17.1. The van der Waals surface area contributed by atoms with Crippen LogP contribution in [0.25, 0.3) is 11.1 Å². The predicted octanol–water partition coefficient (Wildman–Crippen LogP) is 7.47. The number of carbonyl (C=O) groups is 2. The van der Waals surface area contributed by atoms with Gasteiger partial charge in [-0.15, -0.1) is 0 Å².